The minimum atomic E-state index is 1.16. The average molecular weight is 236 g/mol. The Morgan fingerprint density at radius 1 is 0.786 bits per heavy atom. The van der Waals surface area contributed by atoms with E-state index < -0.39 is 0 Å². The molecule has 0 spiro atoms. The van der Waals surface area contributed by atoms with Gasteiger partial charge in [0.1, 0.15) is 0 Å². The first kappa shape index (κ1) is 14.6. The molecule has 4 heteroatoms. The summed E-state index contributed by atoms with van der Waals surface area (Å²) in [5, 5.41) is 0. The minimum Gasteiger partial charge on any atom is -0.296 e. The molecule has 0 aliphatic heterocycles. The van der Waals surface area contributed by atoms with Gasteiger partial charge in [0, 0.05) is 24.8 Å². The van der Waals surface area contributed by atoms with E-state index in [-0.39, 0.29) is 0 Å². The lowest BCUT2D eigenvalue weighted by Gasteiger charge is -2.21. The molecule has 0 atom stereocenters. The third kappa shape index (κ3) is 9.19. The second-order valence-electron chi connectivity index (χ2n) is 3.40. The van der Waals surface area contributed by atoms with Crippen molar-refractivity contribution in [1.82, 2.24) is 9.80 Å². The summed E-state index contributed by atoms with van der Waals surface area (Å²) in [6.07, 6.45) is 0. The van der Waals surface area contributed by atoms with Crippen molar-refractivity contribution in [2.45, 2.75) is 13.8 Å². The Morgan fingerprint density at radius 3 is 1.43 bits per heavy atom. The maximum absolute atomic E-state index is 2.39. The smallest absolute Gasteiger partial charge is 0.0441 e. The number of rotatable bonds is 9. The Hall–Kier alpha value is 0.620. The van der Waals surface area contributed by atoms with Crippen LogP contribution in [0, 0.1) is 0 Å². The van der Waals surface area contributed by atoms with Gasteiger partial charge in [-0.15, -0.1) is 23.5 Å². The van der Waals surface area contributed by atoms with Crippen LogP contribution in [0.2, 0.25) is 0 Å². The van der Waals surface area contributed by atoms with Crippen molar-refractivity contribution in [1.29, 1.82) is 0 Å². The standard InChI is InChI=1S/C10H24N2S2/c1-5-13-9-11(3)7-8-12(4)10-14-6-2/h5-10H2,1-4H3. The van der Waals surface area contributed by atoms with Crippen LogP contribution in [0.1, 0.15) is 13.8 Å². The van der Waals surface area contributed by atoms with E-state index in [0.717, 1.165) is 11.8 Å². The molecule has 0 rings (SSSR count). The van der Waals surface area contributed by atoms with Crippen molar-refractivity contribution < 1.29 is 0 Å². The van der Waals surface area contributed by atoms with Crippen LogP contribution in [0.5, 0.6) is 0 Å². The molecular weight excluding hydrogens is 212 g/mol. The number of hydrogen-bond acceptors (Lipinski definition) is 4. The van der Waals surface area contributed by atoms with Gasteiger partial charge in [0.05, 0.1) is 0 Å². The van der Waals surface area contributed by atoms with Crippen molar-refractivity contribution >= 4 is 23.5 Å². The van der Waals surface area contributed by atoms with Crippen LogP contribution >= 0.6 is 23.5 Å². The fourth-order valence-corrected chi connectivity index (χ4v) is 2.21. The van der Waals surface area contributed by atoms with Gasteiger partial charge in [-0.3, -0.25) is 9.80 Å². The molecular formula is C10H24N2S2. The Kier molecular flexibility index (Phi) is 10.6. The predicted molar refractivity (Wildman–Crippen MR) is 71.3 cm³/mol. The molecule has 0 aliphatic rings. The summed E-state index contributed by atoms with van der Waals surface area (Å²) in [5.74, 6) is 4.74. The van der Waals surface area contributed by atoms with Crippen molar-refractivity contribution in [2.75, 3.05) is 50.4 Å². The lowest BCUT2D eigenvalue weighted by molar-refractivity contribution is 0.306. The lowest BCUT2D eigenvalue weighted by Crippen LogP contribution is -2.30. The second-order valence-corrected chi connectivity index (χ2v) is 5.89. The zero-order valence-electron chi connectivity index (χ0n) is 9.95. The summed E-state index contributed by atoms with van der Waals surface area (Å²) in [6, 6.07) is 0. The van der Waals surface area contributed by atoms with E-state index in [1.165, 1.54) is 24.6 Å². The van der Waals surface area contributed by atoms with Gasteiger partial charge >= 0.3 is 0 Å². The Morgan fingerprint density at radius 2 is 1.14 bits per heavy atom. The molecule has 0 bridgehead atoms. The van der Waals surface area contributed by atoms with Gasteiger partial charge < -0.3 is 0 Å². The molecule has 0 radical (unpaired) electrons. The molecule has 0 N–H and O–H groups in total. The first-order chi connectivity index (χ1) is 6.70. The first-order valence-corrected chi connectivity index (χ1v) is 7.54. The Balaban J connectivity index is 3.31. The largest absolute Gasteiger partial charge is 0.296 e. The van der Waals surface area contributed by atoms with Gasteiger partial charge in [-0.1, -0.05) is 13.8 Å². The van der Waals surface area contributed by atoms with E-state index >= 15 is 0 Å². The van der Waals surface area contributed by atoms with Crippen LogP contribution in [0.3, 0.4) is 0 Å². The third-order valence-corrected chi connectivity index (χ3v) is 3.96. The highest BCUT2D eigenvalue weighted by Crippen LogP contribution is 2.03. The number of hydrogen-bond donors (Lipinski definition) is 0. The van der Waals surface area contributed by atoms with E-state index in [4.69, 9.17) is 0 Å². The van der Waals surface area contributed by atoms with Crippen molar-refractivity contribution in [3.63, 3.8) is 0 Å². The average Bonchev–Trinajstić information content (AvgIpc) is 2.20. The molecule has 0 amide bonds. The zero-order chi connectivity index (χ0) is 10.8. The first-order valence-electron chi connectivity index (χ1n) is 5.23. The molecule has 0 aliphatic carbocycles. The molecule has 0 unspecified atom stereocenters. The maximum atomic E-state index is 2.39. The van der Waals surface area contributed by atoms with Crippen LogP contribution in [0.4, 0.5) is 0 Å². The van der Waals surface area contributed by atoms with Crippen molar-refractivity contribution in [2.24, 2.45) is 0 Å². The molecule has 0 aromatic rings. The van der Waals surface area contributed by atoms with Gasteiger partial charge in [-0.25, -0.2) is 0 Å². The van der Waals surface area contributed by atoms with Gasteiger partial charge in [0.25, 0.3) is 0 Å². The van der Waals surface area contributed by atoms with Crippen molar-refractivity contribution in [3.05, 3.63) is 0 Å². The van der Waals surface area contributed by atoms with Gasteiger partial charge in [-0.05, 0) is 25.6 Å². The molecule has 86 valence electrons. The lowest BCUT2D eigenvalue weighted by atomic mass is 10.5. The zero-order valence-corrected chi connectivity index (χ0v) is 11.6. The van der Waals surface area contributed by atoms with Gasteiger partial charge in [0.2, 0.25) is 0 Å². The van der Waals surface area contributed by atoms with Crippen LogP contribution in [-0.4, -0.2) is 60.2 Å². The Bertz CT molecular complexity index is 109. The molecule has 0 fully saturated rings. The van der Waals surface area contributed by atoms with E-state index in [2.05, 4.69) is 37.7 Å². The fourth-order valence-electron chi connectivity index (χ4n) is 0.965. The highest BCUT2D eigenvalue weighted by Gasteiger charge is 2.01. The summed E-state index contributed by atoms with van der Waals surface area (Å²) < 4.78 is 0. The van der Waals surface area contributed by atoms with Crippen LogP contribution in [0.15, 0.2) is 0 Å². The van der Waals surface area contributed by atoms with Crippen LogP contribution in [0.25, 0.3) is 0 Å². The molecule has 0 saturated heterocycles. The number of likely N-dealkylation sites (N-methyl/N-ethyl adjacent to an activating group) is 2. The predicted octanol–water partition coefficient (Wildman–Crippen LogP) is 2.27. The highest BCUT2D eigenvalue weighted by molar-refractivity contribution is 7.99. The quantitative estimate of drug-likeness (QED) is 0.566. The fraction of sp³-hybridized carbons (Fsp3) is 1.00. The molecule has 14 heavy (non-hydrogen) atoms. The summed E-state index contributed by atoms with van der Waals surface area (Å²) in [4.78, 5) is 4.78. The van der Waals surface area contributed by atoms with Crippen molar-refractivity contribution in [3.8, 4) is 0 Å². The van der Waals surface area contributed by atoms with E-state index in [9.17, 15) is 0 Å². The van der Waals surface area contributed by atoms with E-state index in [1.807, 2.05) is 23.5 Å². The molecule has 0 aromatic heterocycles. The van der Waals surface area contributed by atoms with Crippen LogP contribution in [-0.2, 0) is 0 Å². The monoisotopic (exact) mass is 236 g/mol. The van der Waals surface area contributed by atoms with Gasteiger partial charge in [-0.2, -0.15) is 0 Å². The van der Waals surface area contributed by atoms with Gasteiger partial charge in [0.15, 0.2) is 0 Å². The minimum absolute atomic E-state index is 1.16. The second kappa shape index (κ2) is 10.1. The maximum Gasteiger partial charge on any atom is 0.0441 e. The highest BCUT2D eigenvalue weighted by atomic mass is 32.2. The number of nitrogens with zero attached hydrogens (tertiary/aromatic N) is 2. The number of thioether (sulfide) groups is 2. The SMILES string of the molecule is CCSCN(C)CCN(C)CSCC. The molecule has 0 aromatic carbocycles. The molecule has 2 nitrogen and oxygen atoms in total. The normalized spacial score (nSPS) is 11.6. The third-order valence-electron chi connectivity index (χ3n) is 1.90. The van der Waals surface area contributed by atoms with Crippen LogP contribution < -0.4 is 0 Å². The summed E-state index contributed by atoms with van der Waals surface area (Å²) in [7, 11) is 4.40. The summed E-state index contributed by atoms with van der Waals surface area (Å²) in [5.41, 5.74) is 0. The Labute approximate surface area is 97.8 Å². The van der Waals surface area contributed by atoms with E-state index in [1.54, 1.807) is 0 Å². The summed E-state index contributed by atoms with van der Waals surface area (Å²) in [6.45, 7) is 6.77. The molecule has 0 saturated carbocycles. The molecule has 0 heterocycles. The van der Waals surface area contributed by atoms with E-state index in [0.29, 0.717) is 0 Å². The topological polar surface area (TPSA) is 6.48 Å². The summed E-state index contributed by atoms with van der Waals surface area (Å²) >= 11 is 3.98.